The number of benzene rings is 3. The number of fused-ring (bicyclic) bond motifs is 1. The molecule has 0 atom stereocenters. The maximum absolute atomic E-state index is 12.7. The van der Waals surface area contributed by atoms with Crippen LogP contribution in [0.15, 0.2) is 65.8 Å². The molecule has 1 amide bonds. The number of Topliss-reactive ketones (excluding diaryl/α,β-unsaturated/α-hetero) is 1. The molecule has 5 rings (SSSR count). The van der Waals surface area contributed by atoms with E-state index in [9.17, 15) is 9.59 Å². The Morgan fingerprint density at radius 2 is 1.79 bits per heavy atom. The van der Waals surface area contributed by atoms with Gasteiger partial charge in [-0.05, 0) is 17.5 Å². The molecule has 6 nitrogen and oxygen atoms in total. The first-order valence-electron chi connectivity index (χ1n) is 8.73. The number of carbonyl (C=O) groups excluding carboxylic acids is 2. The first-order chi connectivity index (χ1) is 13.7. The molecule has 0 saturated heterocycles. The molecule has 0 aliphatic heterocycles. The number of hydrazone groups is 1. The van der Waals surface area contributed by atoms with E-state index in [-0.39, 0.29) is 23.9 Å². The van der Waals surface area contributed by atoms with E-state index in [1.54, 1.807) is 6.07 Å². The summed E-state index contributed by atoms with van der Waals surface area (Å²) in [7, 11) is 0. The van der Waals surface area contributed by atoms with Gasteiger partial charge in [0.15, 0.2) is 5.13 Å². The summed E-state index contributed by atoms with van der Waals surface area (Å²) >= 11 is 1.48. The van der Waals surface area contributed by atoms with Gasteiger partial charge >= 0.3 is 0 Å². The molecule has 0 unspecified atom stereocenters. The third kappa shape index (κ3) is 2.73. The lowest BCUT2D eigenvalue weighted by Crippen LogP contribution is -2.28. The summed E-state index contributed by atoms with van der Waals surface area (Å²) in [5.41, 5.74) is 5.00. The molecule has 0 radical (unpaired) electrons. The number of anilines is 1. The number of ketones is 1. The van der Waals surface area contributed by atoms with Crippen LogP contribution in [-0.2, 0) is 4.79 Å². The minimum Gasteiger partial charge on any atom is -0.352 e. The van der Waals surface area contributed by atoms with Crippen LogP contribution in [0.5, 0.6) is 0 Å². The number of rotatable bonds is 4. The van der Waals surface area contributed by atoms with Gasteiger partial charge in [-0.25, -0.2) is 10.4 Å². The van der Waals surface area contributed by atoms with Crippen molar-refractivity contribution in [2.45, 2.75) is 0 Å². The van der Waals surface area contributed by atoms with Crippen molar-refractivity contribution in [1.82, 2.24) is 10.4 Å². The van der Waals surface area contributed by atoms with E-state index in [2.05, 4.69) is 20.8 Å². The lowest BCUT2D eigenvalue weighted by Gasteiger charge is -2.03. The van der Waals surface area contributed by atoms with Gasteiger partial charge in [-0.1, -0.05) is 59.9 Å². The number of para-hydroxylation sites is 1. The van der Waals surface area contributed by atoms with Crippen molar-refractivity contribution < 1.29 is 9.59 Å². The molecule has 2 N–H and O–H groups in total. The average Bonchev–Trinajstić information content (AvgIpc) is 3.26. The van der Waals surface area contributed by atoms with Crippen LogP contribution in [0.1, 0.15) is 15.9 Å². The Bertz CT molecular complexity index is 1250. The fraction of sp³-hybridized carbons (Fsp3) is 0.0476. The maximum Gasteiger partial charge on any atom is 0.259 e. The molecule has 4 aromatic rings. The highest BCUT2D eigenvalue weighted by Crippen LogP contribution is 2.30. The van der Waals surface area contributed by atoms with Crippen molar-refractivity contribution in [2.75, 3.05) is 11.9 Å². The van der Waals surface area contributed by atoms with Gasteiger partial charge in [0, 0.05) is 16.5 Å². The summed E-state index contributed by atoms with van der Waals surface area (Å²) in [5.74, 6) is -0.520. The van der Waals surface area contributed by atoms with Crippen molar-refractivity contribution in [1.29, 1.82) is 0 Å². The first-order valence-corrected chi connectivity index (χ1v) is 9.55. The second kappa shape index (κ2) is 6.54. The zero-order valence-electron chi connectivity index (χ0n) is 14.6. The fourth-order valence-electron chi connectivity index (χ4n) is 3.35. The molecule has 0 fully saturated rings. The summed E-state index contributed by atoms with van der Waals surface area (Å²) in [6.45, 7) is 0.0158. The molecule has 0 saturated carbocycles. The van der Waals surface area contributed by atoms with E-state index in [1.807, 2.05) is 54.6 Å². The smallest absolute Gasteiger partial charge is 0.259 e. The molecule has 3 aromatic carbocycles. The summed E-state index contributed by atoms with van der Waals surface area (Å²) < 4.78 is 1.05. The van der Waals surface area contributed by atoms with Crippen molar-refractivity contribution >= 4 is 54.9 Å². The fourth-order valence-corrected chi connectivity index (χ4v) is 4.21. The SMILES string of the molecule is O=C(CNc1nc2ccccc2s1)N/N=C1\C(=O)c2cccc3cccc1c23. The van der Waals surface area contributed by atoms with Gasteiger partial charge in [-0.15, -0.1) is 0 Å². The van der Waals surface area contributed by atoms with Crippen LogP contribution in [0.25, 0.3) is 21.0 Å². The van der Waals surface area contributed by atoms with Crippen molar-refractivity contribution in [3.05, 3.63) is 71.8 Å². The lowest BCUT2D eigenvalue weighted by atomic mass is 10.1. The van der Waals surface area contributed by atoms with Crippen molar-refractivity contribution in [2.24, 2.45) is 5.10 Å². The highest BCUT2D eigenvalue weighted by Gasteiger charge is 2.28. The van der Waals surface area contributed by atoms with E-state index in [4.69, 9.17) is 0 Å². The third-order valence-electron chi connectivity index (χ3n) is 4.61. The average molecular weight is 386 g/mol. The molecule has 1 aliphatic rings. The number of nitrogens with one attached hydrogen (secondary N) is 2. The molecular formula is C21H14N4O2S. The van der Waals surface area contributed by atoms with Crippen LogP contribution >= 0.6 is 11.3 Å². The normalized spacial score (nSPS) is 14.1. The molecule has 1 aromatic heterocycles. The topological polar surface area (TPSA) is 83.4 Å². The molecule has 28 heavy (non-hydrogen) atoms. The van der Waals surface area contributed by atoms with Gasteiger partial charge in [-0.3, -0.25) is 9.59 Å². The van der Waals surface area contributed by atoms with Crippen LogP contribution in [0.3, 0.4) is 0 Å². The van der Waals surface area contributed by atoms with Crippen molar-refractivity contribution in [3.8, 4) is 0 Å². The number of aromatic nitrogens is 1. The predicted octanol–water partition coefficient (Wildman–Crippen LogP) is 3.58. The minimum atomic E-state index is -0.345. The monoisotopic (exact) mass is 386 g/mol. The first kappa shape index (κ1) is 16.6. The molecular weight excluding hydrogens is 372 g/mol. The van der Waals surface area contributed by atoms with E-state index in [0.717, 1.165) is 26.6 Å². The zero-order chi connectivity index (χ0) is 19.1. The van der Waals surface area contributed by atoms with Gasteiger partial charge in [0.1, 0.15) is 5.71 Å². The molecule has 7 heteroatoms. The molecule has 1 aliphatic carbocycles. The summed E-state index contributed by atoms with van der Waals surface area (Å²) in [6, 6.07) is 19.1. The predicted molar refractivity (Wildman–Crippen MR) is 111 cm³/mol. The van der Waals surface area contributed by atoms with E-state index in [1.165, 1.54) is 11.3 Å². The van der Waals surface area contributed by atoms with Crippen LogP contribution < -0.4 is 10.7 Å². The van der Waals surface area contributed by atoms with Gasteiger partial charge < -0.3 is 5.32 Å². The molecule has 0 bridgehead atoms. The van der Waals surface area contributed by atoms with E-state index in [0.29, 0.717) is 10.7 Å². The van der Waals surface area contributed by atoms with E-state index >= 15 is 0 Å². The Morgan fingerprint density at radius 3 is 2.61 bits per heavy atom. The Morgan fingerprint density at radius 1 is 1.00 bits per heavy atom. The maximum atomic E-state index is 12.7. The van der Waals surface area contributed by atoms with Crippen LogP contribution in [0.2, 0.25) is 0 Å². The van der Waals surface area contributed by atoms with Crippen LogP contribution in [-0.4, -0.2) is 28.9 Å². The largest absolute Gasteiger partial charge is 0.352 e. The van der Waals surface area contributed by atoms with Gasteiger partial charge in [0.05, 0.1) is 16.8 Å². The number of hydrogen-bond donors (Lipinski definition) is 2. The van der Waals surface area contributed by atoms with E-state index < -0.39 is 0 Å². The molecule has 136 valence electrons. The lowest BCUT2D eigenvalue weighted by molar-refractivity contribution is -0.119. The summed E-state index contributed by atoms with van der Waals surface area (Å²) in [4.78, 5) is 29.3. The number of hydrogen-bond acceptors (Lipinski definition) is 6. The Hall–Kier alpha value is -3.58. The van der Waals surface area contributed by atoms with Crippen molar-refractivity contribution in [3.63, 3.8) is 0 Å². The molecule has 1 heterocycles. The number of thiazole rings is 1. The standard InChI is InChI=1S/C21H14N4O2S/c26-17(11-22-21-23-15-9-1-2-10-16(15)28-21)24-25-19-13-7-3-5-12-6-4-8-14(18(12)13)20(19)27/h1-10H,11H2,(H,22,23)(H,24,26)/b25-19-. The number of amides is 1. The third-order valence-corrected chi connectivity index (χ3v) is 5.60. The molecule has 0 spiro atoms. The Labute approximate surface area is 163 Å². The van der Waals surface area contributed by atoms with Gasteiger partial charge in [0.25, 0.3) is 5.91 Å². The second-order valence-electron chi connectivity index (χ2n) is 6.37. The van der Waals surface area contributed by atoms with Crippen LogP contribution in [0, 0.1) is 0 Å². The highest BCUT2D eigenvalue weighted by atomic mass is 32.1. The Kier molecular flexibility index (Phi) is 3.87. The van der Waals surface area contributed by atoms with Gasteiger partial charge in [0.2, 0.25) is 5.78 Å². The summed E-state index contributed by atoms with van der Waals surface area (Å²) in [6.07, 6.45) is 0. The summed E-state index contributed by atoms with van der Waals surface area (Å²) in [5, 5.41) is 9.64. The van der Waals surface area contributed by atoms with Crippen LogP contribution in [0.4, 0.5) is 5.13 Å². The van der Waals surface area contributed by atoms with Gasteiger partial charge in [-0.2, -0.15) is 5.10 Å². The second-order valence-corrected chi connectivity index (χ2v) is 7.40. The number of carbonyl (C=O) groups is 2. The quantitative estimate of drug-likeness (QED) is 0.525. The zero-order valence-corrected chi connectivity index (χ0v) is 15.4. The highest BCUT2D eigenvalue weighted by molar-refractivity contribution is 7.22. The Balaban J connectivity index is 1.32. The number of nitrogens with zero attached hydrogens (tertiary/aromatic N) is 2. The minimum absolute atomic E-state index is 0.0158.